The number of halogens is 1. The Balaban J connectivity index is 1.36. The van der Waals surface area contributed by atoms with E-state index in [9.17, 15) is 4.79 Å². The Morgan fingerprint density at radius 1 is 1.19 bits per heavy atom. The maximum Gasteiger partial charge on any atom is 0.321 e. The van der Waals surface area contributed by atoms with Crippen molar-refractivity contribution in [1.29, 1.82) is 0 Å². The summed E-state index contributed by atoms with van der Waals surface area (Å²) in [5.74, 6) is 0.779. The van der Waals surface area contributed by atoms with Crippen LogP contribution in [0.1, 0.15) is 17.4 Å². The highest BCUT2D eigenvalue weighted by Gasteiger charge is 2.25. The number of hydrogen-bond acceptors (Lipinski definition) is 6. The van der Waals surface area contributed by atoms with Crippen molar-refractivity contribution in [3.05, 3.63) is 46.1 Å². The molecule has 1 aliphatic rings. The predicted molar refractivity (Wildman–Crippen MR) is 125 cm³/mol. The molecule has 0 saturated carbocycles. The number of hydrogen-bond donors (Lipinski definition) is 1. The number of urea groups is 1. The topological polar surface area (TPSA) is 78.7 Å². The zero-order chi connectivity index (χ0) is 21.5. The van der Waals surface area contributed by atoms with Crippen molar-refractivity contribution in [2.24, 2.45) is 0 Å². The maximum absolute atomic E-state index is 12.6. The first-order chi connectivity index (χ1) is 15.0. The van der Waals surface area contributed by atoms with Gasteiger partial charge in [-0.1, -0.05) is 18.5 Å². The minimum Gasteiger partial charge on any atom is -0.337 e. The fourth-order valence-electron chi connectivity index (χ4n) is 3.97. The number of piperazine rings is 1. The summed E-state index contributed by atoms with van der Waals surface area (Å²) in [5.41, 5.74) is 2.81. The Bertz CT molecular complexity index is 1260. The molecular formula is C21H22ClN7OS. The van der Waals surface area contributed by atoms with E-state index < -0.39 is 0 Å². The van der Waals surface area contributed by atoms with Gasteiger partial charge in [-0.2, -0.15) is 9.61 Å². The van der Waals surface area contributed by atoms with Gasteiger partial charge < -0.3 is 15.1 Å². The number of anilines is 2. The van der Waals surface area contributed by atoms with Crippen LogP contribution in [-0.2, 0) is 6.42 Å². The van der Waals surface area contributed by atoms with E-state index in [1.807, 2.05) is 9.42 Å². The van der Waals surface area contributed by atoms with Crippen LogP contribution in [0.4, 0.5) is 16.4 Å². The zero-order valence-corrected chi connectivity index (χ0v) is 18.9. The third-order valence-electron chi connectivity index (χ3n) is 5.66. The maximum atomic E-state index is 12.6. The fraction of sp³-hybridized carbons (Fsp3) is 0.333. The standard InChI is InChI=1S/C21H22ClN7OS/c1-3-16-13(2)17-18-23-12-24-29(18)20(26-19(17)31-16)27-8-10-28(11-9-27)21(30)25-15-6-4-14(22)5-7-15/h4-7,12H,3,8-11H2,1-2H3,(H,25,30). The smallest absolute Gasteiger partial charge is 0.321 e. The van der Waals surface area contributed by atoms with Crippen LogP contribution in [0.3, 0.4) is 0 Å². The largest absolute Gasteiger partial charge is 0.337 e. The van der Waals surface area contributed by atoms with Gasteiger partial charge in [0.15, 0.2) is 5.65 Å². The molecule has 3 aromatic heterocycles. The molecule has 0 unspecified atom stereocenters. The Kier molecular flexibility index (Phi) is 5.15. The zero-order valence-electron chi connectivity index (χ0n) is 17.3. The second-order valence-corrected chi connectivity index (χ2v) is 9.02. The van der Waals surface area contributed by atoms with E-state index in [0.717, 1.165) is 33.9 Å². The molecule has 0 radical (unpaired) electrons. The summed E-state index contributed by atoms with van der Waals surface area (Å²) >= 11 is 7.64. The Morgan fingerprint density at radius 2 is 1.94 bits per heavy atom. The normalized spacial score (nSPS) is 14.5. The van der Waals surface area contributed by atoms with Crippen LogP contribution in [0.15, 0.2) is 30.6 Å². The van der Waals surface area contributed by atoms with Crippen molar-refractivity contribution in [3.63, 3.8) is 0 Å². The molecule has 2 amide bonds. The highest BCUT2D eigenvalue weighted by molar-refractivity contribution is 7.19. The molecule has 1 aliphatic heterocycles. The molecule has 1 aromatic carbocycles. The minimum atomic E-state index is -0.113. The van der Waals surface area contributed by atoms with Gasteiger partial charge in [0.25, 0.3) is 0 Å². The van der Waals surface area contributed by atoms with Crippen molar-refractivity contribution >= 4 is 56.5 Å². The molecule has 0 bridgehead atoms. The van der Waals surface area contributed by atoms with E-state index in [4.69, 9.17) is 16.6 Å². The third kappa shape index (κ3) is 3.57. The van der Waals surface area contributed by atoms with Crippen molar-refractivity contribution in [3.8, 4) is 0 Å². The van der Waals surface area contributed by atoms with Gasteiger partial charge in [-0.25, -0.2) is 14.8 Å². The lowest BCUT2D eigenvalue weighted by molar-refractivity contribution is 0.208. The molecule has 8 nitrogen and oxygen atoms in total. The first kappa shape index (κ1) is 20.0. The van der Waals surface area contributed by atoms with E-state index >= 15 is 0 Å². The number of rotatable bonds is 3. The summed E-state index contributed by atoms with van der Waals surface area (Å²) < 4.78 is 1.82. The average Bonchev–Trinajstić information content (AvgIpc) is 3.39. The van der Waals surface area contributed by atoms with E-state index in [0.29, 0.717) is 31.2 Å². The second kappa shape index (κ2) is 7.97. The molecule has 4 aromatic rings. The second-order valence-electron chi connectivity index (χ2n) is 7.50. The molecule has 160 valence electrons. The molecule has 10 heteroatoms. The summed E-state index contributed by atoms with van der Waals surface area (Å²) in [5, 5.41) is 9.09. The van der Waals surface area contributed by atoms with Crippen LogP contribution in [0.5, 0.6) is 0 Å². The lowest BCUT2D eigenvalue weighted by atomic mass is 10.2. The number of carbonyl (C=O) groups excluding carboxylic acids is 1. The van der Waals surface area contributed by atoms with Crippen LogP contribution in [-0.4, -0.2) is 56.7 Å². The van der Waals surface area contributed by atoms with E-state index in [2.05, 4.69) is 34.1 Å². The number of aryl methyl sites for hydroxylation is 2. The van der Waals surface area contributed by atoms with Crippen LogP contribution < -0.4 is 10.2 Å². The monoisotopic (exact) mass is 455 g/mol. The Hall–Kier alpha value is -2.91. The molecule has 0 aliphatic carbocycles. The molecule has 1 N–H and O–H groups in total. The number of aromatic nitrogens is 4. The number of thiophene rings is 1. The molecule has 0 spiro atoms. The van der Waals surface area contributed by atoms with Gasteiger partial charge in [0.1, 0.15) is 11.2 Å². The van der Waals surface area contributed by atoms with Crippen LogP contribution >= 0.6 is 22.9 Å². The fourth-order valence-corrected chi connectivity index (χ4v) is 5.20. The van der Waals surface area contributed by atoms with Gasteiger partial charge in [-0.05, 0) is 43.2 Å². The lowest BCUT2D eigenvalue weighted by Crippen LogP contribution is -2.50. The highest BCUT2D eigenvalue weighted by Crippen LogP contribution is 2.34. The number of carbonyl (C=O) groups is 1. The van der Waals surface area contributed by atoms with Crippen molar-refractivity contribution in [2.45, 2.75) is 20.3 Å². The van der Waals surface area contributed by atoms with Gasteiger partial charge in [0, 0.05) is 41.8 Å². The first-order valence-corrected chi connectivity index (χ1v) is 11.4. The SMILES string of the molecule is CCc1sc2nc(N3CCN(C(=O)Nc4ccc(Cl)cc4)CC3)n3ncnc3c2c1C. The average molecular weight is 456 g/mol. The molecule has 5 rings (SSSR count). The summed E-state index contributed by atoms with van der Waals surface area (Å²) in [6.07, 6.45) is 2.56. The lowest BCUT2D eigenvalue weighted by Gasteiger charge is -2.35. The summed E-state index contributed by atoms with van der Waals surface area (Å²) in [6, 6.07) is 7.00. The van der Waals surface area contributed by atoms with E-state index in [1.54, 1.807) is 41.9 Å². The quantitative estimate of drug-likeness (QED) is 0.500. The van der Waals surface area contributed by atoms with Gasteiger partial charge in [0.2, 0.25) is 5.95 Å². The number of nitrogens with one attached hydrogen (secondary N) is 1. The summed E-state index contributed by atoms with van der Waals surface area (Å²) in [4.78, 5) is 28.4. The van der Waals surface area contributed by atoms with Gasteiger partial charge in [0.05, 0.1) is 5.39 Å². The first-order valence-electron chi connectivity index (χ1n) is 10.2. The molecule has 0 atom stereocenters. The van der Waals surface area contributed by atoms with Crippen molar-refractivity contribution in [1.82, 2.24) is 24.5 Å². The van der Waals surface area contributed by atoms with Gasteiger partial charge in [-0.15, -0.1) is 11.3 Å². The summed E-state index contributed by atoms with van der Waals surface area (Å²) in [6.45, 7) is 6.83. The highest BCUT2D eigenvalue weighted by atomic mass is 35.5. The number of benzene rings is 1. The van der Waals surface area contributed by atoms with Crippen LogP contribution in [0, 0.1) is 6.92 Å². The Labute approximate surface area is 188 Å². The predicted octanol–water partition coefficient (Wildman–Crippen LogP) is 4.22. The van der Waals surface area contributed by atoms with Crippen LogP contribution in [0.25, 0.3) is 15.9 Å². The molecular weight excluding hydrogens is 434 g/mol. The summed E-state index contributed by atoms with van der Waals surface area (Å²) in [7, 11) is 0. The molecule has 1 fully saturated rings. The van der Waals surface area contributed by atoms with Crippen molar-refractivity contribution < 1.29 is 4.79 Å². The van der Waals surface area contributed by atoms with Gasteiger partial charge in [-0.3, -0.25) is 0 Å². The molecule has 4 heterocycles. The van der Waals surface area contributed by atoms with E-state index in [-0.39, 0.29) is 6.03 Å². The number of amides is 2. The Morgan fingerprint density at radius 3 is 2.65 bits per heavy atom. The number of fused-ring (bicyclic) bond motifs is 3. The van der Waals surface area contributed by atoms with E-state index in [1.165, 1.54) is 10.4 Å². The molecule has 31 heavy (non-hydrogen) atoms. The number of nitrogens with zero attached hydrogens (tertiary/aromatic N) is 6. The minimum absolute atomic E-state index is 0.113. The van der Waals surface area contributed by atoms with Gasteiger partial charge >= 0.3 is 6.03 Å². The van der Waals surface area contributed by atoms with Crippen molar-refractivity contribution in [2.75, 3.05) is 36.4 Å². The molecule has 1 saturated heterocycles. The van der Waals surface area contributed by atoms with Crippen LogP contribution in [0.2, 0.25) is 5.02 Å². The third-order valence-corrected chi connectivity index (χ3v) is 7.24.